The summed E-state index contributed by atoms with van der Waals surface area (Å²) < 4.78 is 54.9. The van der Waals surface area contributed by atoms with Crippen LogP contribution in [0, 0.1) is 17.5 Å². The zero-order valence-corrected chi connectivity index (χ0v) is 58.4. The van der Waals surface area contributed by atoms with Crippen LogP contribution >= 0.6 is 11.6 Å². The molecule has 14 rings (SSSR count). The van der Waals surface area contributed by atoms with E-state index in [4.69, 9.17) is 53.3 Å². The largest absolute Gasteiger partial charge is 0.401 e. The third kappa shape index (κ3) is 19.4. The van der Waals surface area contributed by atoms with Crippen LogP contribution in [0.25, 0.3) is 0 Å². The van der Waals surface area contributed by atoms with Gasteiger partial charge in [0.05, 0.1) is 63.2 Å². The average Bonchev–Trinajstić information content (AvgIpc) is 1.74. The average molecular weight is 1410 g/mol. The number of anilines is 8. The maximum Gasteiger partial charge on any atom is 0.227 e. The van der Waals surface area contributed by atoms with Crippen molar-refractivity contribution in [1.29, 1.82) is 0 Å². The number of rotatable bonds is 20. The van der Waals surface area contributed by atoms with E-state index in [1.54, 1.807) is 67.1 Å². The highest BCUT2D eigenvalue weighted by molar-refractivity contribution is 6.28. The van der Waals surface area contributed by atoms with Crippen LogP contribution in [0.5, 0.6) is 0 Å². The summed E-state index contributed by atoms with van der Waals surface area (Å²) in [5.41, 5.74) is 32.5. The summed E-state index contributed by atoms with van der Waals surface area (Å²) in [6.45, 7) is 10.8. The molecule has 5 aliphatic rings. The zero-order valence-electron chi connectivity index (χ0n) is 57.7. The summed E-state index contributed by atoms with van der Waals surface area (Å²) in [6.07, 6.45) is 5.10. The number of aliphatic imine (C=N–C) groups is 3. The van der Waals surface area contributed by atoms with Crippen LogP contribution in [0.15, 0.2) is 231 Å². The fourth-order valence-corrected chi connectivity index (χ4v) is 12.5. The van der Waals surface area contributed by atoms with Gasteiger partial charge in [-0.2, -0.15) is 9.97 Å². The standard InChI is InChI=1S/2C27H30FN7O.C23H22ClFN6/c2*1-34-17-22(24(29)18-34)26(21-7-2-3-8-23(21)28)31-16-19-5-4-6-20(15-19)32-25-9-10-30-27(33-25)35-11-13-36-14-12-35;1-31-13-18(20(26)14-31)22(17-7-2-3-8-19(17)25)28-12-15-5-4-6-16(11-15)29-21-9-10-27-23(24)30-21/h2*2-10,15H,11-14,16-18,29H2,1H3,(H,30,32,33);2-11H,12-14,26H2,1H3,(H,27,29,30). The molecule has 22 nitrogen and oxygen atoms in total. The molecule has 6 aromatic carbocycles. The summed E-state index contributed by atoms with van der Waals surface area (Å²) >= 11 is 5.85. The first-order valence-corrected chi connectivity index (χ1v) is 34.3. The van der Waals surface area contributed by atoms with E-state index in [1.165, 1.54) is 18.2 Å². The van der Waals surface area contributed by atoms with Gasteiger partial charge >= 0.3 is 0 Å². The Morgan fingerprint density at radius 3 is 1.05 bits per heavy atom. The smallest absolute Gasteiger partial charge is 0.227 e. The van der Waals surface area contributed by atoms with Crippen LogP contribution < -0.4 is 43.0 Å². The van der Waals surface area contributed by atoms with Gasteiger partial charge in [-0.1, -0.05) is 72.8 Å². The highest BCUT2D eigenvalue weighted by Gasteiger charge is 2.27. The van der Waals surface area contributed by atoms with Crippen molar-refractivity contribution in [2.45, 2.75) is 19.6 Å². The number of hydrogen-bond acceptors (Lipinski definition) is 22. The molecule has 0 saturated carbocycles. The predicted molar refractivity (Wildman–Crippen MR) is 402 cm³/mol. The predicted octanol–water partition coefficient (Wildman–Crippen LogP) is 10.8. The molecule has 2 fully saturated rings. The van der Waals surface area contributed by atoms with E-state index in [1.807, 2.05) is 118 Å². The van der Waals surface area contributed by atoms with E-state index in [0.29, 0.717) is 149 Å². The van der Waals surface area contributed by atoms with Crippen molar-refractivity contribution < 1.29 is 22.6 Å². The molecule has 0 aliphatic carbocycles. The number of nitrogens with zero attached hydrogens (tertiary/aromatic N) is 14. The third-order valence-electron chi connectivity index (χ3n) is 17.4. The van der Waals surface area contributed by atoms with Gasteiger partial charge < -0.3 is 52.4 Å². The number of nitrogens with two attached hydrogens (primary N) is 3. The van der Waals surface area contributed by atoms with E-state index in [2.05, 4.69) is 70.4 Å². The molecule has 8 heterocycles. The van der Waals surface area contributed by atoms with Crippen molar-refractivity contribution >= 4 is 75.1 Å². The van der Waals surface area contributed by atoms with Gasteiger partial charge in [-0.15, -0.1) is 0 Å². The monoisotopic (exact) mass is 1410 g/mol. The highest BCUT2D eigenvalue weighted by Crippen LogP contribution is 2.28. The Balaban J connectivity index is 0.000000146. The van der Waals surface area contributed by atoms with Gasteiger partial charge in [0.25, 0.3) is 0 Å². The van der Waals surface area contributed by atoms with Gasteiger partial charge in [-0.3, -0.25) is 29.7 Å². The number of ether oxygens (including phenoxy) is 2. The molecule has 26 heteroatoms. The van der Waals surface area contributed by atoms with Gasteiger partial charge in [0.15, 0.2) is 0 Å². The van der Waals surface area contributed by atoms with Gasteiger partial charge in [-0.25, -0.2) is 33.1 Å². The topological polar surface area (TPSA) is 263 Å². The van der Waals surface area contributed by atoms with Crippen LogP contribution in [0.1, 0.15) is 33.4 Å². The van der Waals surface area contributed by atoms with Crippen LogP contribution in [-0.2, 0) is 29.1 Å². The van der Waals surface area contributed by atoms with Gasteiger partial charge in [0.1, 0.15) is 34.9 Å². The molecule has 5 aliphatic heterocycles. The lowest BCUT2D eigenvalue weighted by Gasteiger charge is -2.26. The van der Waals surface area contributed by atoms with Gasteiger partial charge in [-0.05, 0) is 140 Å². The molecule has 9 aromatic rings. The van der Waals surface area contributed by atoms with Crippen molar-refractivity contribution in [3.05, 3.63) is 272 Å². The van der Waals surface area contributed by atoms with E-state index in [0.717, 1.165) is 93.7 Å². The Kier molecular flexibility index (Phi) is 24.2. The molecule has 0 atom stereocenters. The molecular formula is C77H82ClF3N20O2. The normalized spacial score (nSPS) is 16.4. The summed E-state index contributed by atoms with van der Waals surface area (Å²) in [5.74, 6) is 2.48. The Labute approximate surface area is 602 Å². The first kappa shape index (κ1) is 71.9. The molecule has 9 N–H and O–H groups in total. The molecular weight excluding hydrogens is 1330 g/mol. The van der Waals surface area contributed by atoms with Crippen LogP contribution in [0.3, 0.4) is 0 Å². The maximum absolute atomic E-state index is 14.7. The molecule has 0 radical (unpaired) electrons. The number of aromatic nitrogens is 6. The second kappa shape index (κ2) is 34.6. The van der Waals surface area contributed by atoms with Crippen molar-refractivity contribution in [1.82, 2.24) is 44.6 Å². The minimum Gasteiger partial charge on any atom is -0.401 e. The number of likely N-dealkylation sites (N-methyl/N-ethyl adjacent to an activating group) is 3. The fraction of sp³-hybridized carbons (Fsp3) is 0.260. The maximum atomic E-state index is 14.7. The van der Waals surface area contributed by atoms with E-state index in [-0.39, 0.29) is 22.7 Å². The van der Waals surface area contributed by atoms with Crippen molar-refractivity contribution in [3.8, 4) is 0 Å². The van der Waals surface area contributed by atoms with Gasteiger partial charge in [0.2, 0.25) is 17.2 Å². The van der Waals surface area contributed by atoms with Crippen LogP contribution in [-0.4, -0.2) is 175 Å². The fourth-order valence-electron chi connectivity index (χ4n) is 12.4. The van der Waals surface area contributed by atoms with E-state index >= 15 is 0 Å². The third-order valence-corrected chi connectivity index (χ3v) is 17.6. The number of morpholine rings is 2. The minimum atomic E-state index is -0.313. The van der Waals surface area contributed by atoms with Gasteiger partial charge in [0, 0.05) is 152 Å². The summed E-state index contributed by atoms with van der Waals surface area (Å²) in [6, 6.07) is 49.3. The molecule has 0 unspecified atom stereocenters. The Hall–Kier alpha value is -10.9. The van der Waals surface area contributed by atoms with E-state index < -0.39 is 0 Å². The van der Waals surface area contributed by atoms with Crippen LogP contribution in [0.4, 0.5) is 59.6 Å². The Morgan fingerprint density at radius 1 is 0.417 bits per heavy atom. The summed E-state index contributed by atoms with van der Waals surface area (Å²) in [7, 11) is 5.96. The highest BCUT2D eigenvalue weighted by atomic mass is 35.5. The number of hydrogen-bond donors (Lipinski definition) is 6. The zero-order chi connectivity index (χ0) is 71.6. The van der Waals surface area contributed by atoms with Crippen molar-refractivity contribution in [2.24, 2.45) is 32.2 Å². The summed E-state index contributed by atoms with van der Waals surface area (Å²) in [5, 5.41) is 10.1. The molecule has 0 bridgehead atoms. The summed E-state index contributed by atoms with van der Waals surface area (Å²) in [4.78, 5) is 51.2. The minimum absolute atomic E-state index is 0.174. The molecule has 530 valence electrons. The lowest BCUT2D eigenvalue weighted by molar-refractivity contribution is 0.122. The number of benzene rings is 6. The molecule has 3 aromatic heterocycles. The number of halogens is 4. The first-order valence-electron chi connectivity index (χ1n) is 33.9. The number of nitrogens with one attached hydrogen (secondary N) is 3. The second-order valence-corrected chi connectivity index (χ2v) is 25.7. The first-order chi connectivity index (χ1) is 50.1. The van der Waals surface area contributed by atoms with Crippen LogP contribution in [0.2, 0.25) is 5.28 Å². The molecule has 2 saturated heterocycles. The Bertz CT molecular complexity index is 4450. The van der Waals surface area contributed by atoms with Crippen molar-refractivity contribution in [3.63, 3.8) is 0 Å². The van der Waals surface area contributed by atoms with Crippen molar-refractivity contribution in [2.75, 3.05) is 139 Å². The lowest BCUT2D eigenvalue weighted by atomic mass is 10.0. The second-order valence-electron chi connectivity index (χ2n) is 25.3. The molecule has 103 heavy (non-hydrogen) atoms. The SMILES string of the molecule is CN1CC(N)=C(C(=NCc2cccc(Nc3ccnc(Cl)n3)c2)c2ccccc2F)C1.CN1CC(N)=C(C(=NCc2cccc(Nc3ccnc(N4CCOCC4)n3)c2)c2ccccc2F)C1.CN1CC(N)=C(C(=NCc2cccc(Nc3ccnc(N4CCOCC4)n3)c2)c2ccccc2F)C1. The molecule has 0 spiro atoms. The van der Waals surface area contributed by atoms with E-state index in [9.17, 15) is 13.2 Å². The lowest BCUT2D eigenvalue weighted by Crippen LogP contribution is -2.37. The Morgan fingerprint density at radius 2 is 0.738 bits per heavy atom. The molecule has 0 amide bonds. The quantitative estimate of drug-likeness (QED) is 0.0306.